The molecule has 0 fully saturated rings. The van der Waals surface area contributed by atoms with Crippen LogP contribution in [-0.2, 0) is 6.54 Å². The summed E-state index contributed by atoms with van der Waals surface area (Å²) in [5.74, 6) is 0.588. The molecule has 6 heteroatoms. The first-order chi connectivity index (χ1) is 9.06. The van der Waals surface area contributed by atoms with Gasteiger partial charge in [0, 0.05) is 12.6 Å². The quantitative estimate of drug-likeness (QED) is 0.832. The van der Waals surface area contributed by atoms with Crippen molar-refractivity contribution in [1.82, 2.24) is 14.9 Å². The third-order valence-electron chi connectivity index (χ3n) is 3.14. The predicted molar refractivity (Wildman–Crippen MR) is 73.9 cm³/mol. The number of hydrogen-bond donors (Lipinski definition) is 2. The molecule has 0 spiro atoms. The summed E-state index contributed by atoms with van der Waals surface area (Å²) < 4.78 is 6.29. The molecule has 1 aromatic heterocycles. The minimum Gasteiger partial charge on any atom is -0.497 e. The van der Waals surface area contributed by atoms with Crippen molar-refractivity contribution in [3.8, 4) is 5.75 Å². The van der Waals surface area contributed by atoms with E-state index in [-0.39, 0.29) is 11.6 Å². The highest BCUT2D eigenvalue weighted by Gasteiger charge is 2.10. The van der Waals surface area contributed by atoms with Crippen molar-refractivity contribution in [2.24, 2.45) is 0 Å². The van der Waals surface area contributed by atoms with E-state index in [1.165, 1.54) is 11.7 Å². The van der Waals surface area contributed by atoms with Gasteiger partial charge in [0.05, 0.1) is 18.0 Å². The molecule has 0 saturated heterocycles. The molecule has 0 aliphatic heterocycles. The van der Waals surface area contributed by atoms with Crippen molar-refractivity contribution in [3.05, 3.63) is 39.0 Å². The van der Waals surface area contributed by atoms with E-state index < -0.39 is 5.69 Å². The van der Waals surface area contributed by atoms with Crippen molar-refractivity contribution in [2.45, 2.75) is 19.5 Å². The highest BCUT2D eigenvalue weighted by Crippen LogP contribution is 2.15. The minimum atomic E-state index is -0.398. The van der Waals surface area contributed by atoms with Gasteiger partial charge in [0.1, 0.15) is 5.75 Å². The van der Waals surface area contributed by atoms with Crippen molar-refractivity contribution in [1.29, 1.82) is 0 Å². The lowest BCUT2D eigenvalue weighted by molar-refractivity contribution is 0.415. The van der Waals surface area contributed by atoms with Crippen LogP contribution in [0.15, 0.2) is 27.8 Å². The number of aromatic nitrogens is 2. The number of methoxy groups -OCH3 is 1. The maximum Gasteiger partial charge on any atom is 0.328 e. The number of nitrogens with one attached hydrogen (secondary N) is 2. The normalized spacial score (nSPS) is 12.6. The summed E-state index contributed by atoms with van der Waals surface area (Å²) in [5, 5.41) is 3.45. The highest BCUT2D eigenvalue weighted by molar-refractivity contribution is 5.78. The lowest BCUT2D eigenvalue weighted by Gasteiger charge is -2.12. The Labute approximate surface area is 110 Å². The number of ether oxygens (including phenoxy) is 1. The molecule has 0 radical (unpaired) electrons. The van der Waals surface area contributed by atoms with Crippen LogP contribution in [0.5, 0.6) is 5.75 Å². The van der Waals surface area contributed by atoms with Gasteiger partial charge in [0.15, 0.2) is 0 Å². The van der Waals surface area contributed by atoms with Crippen molar-refractivity contribution >= 4 is 10.9 Å². The summed E-state index contributed by atoms with van der Waals surface area (Å²) in [6, 6.07) is 5.04. The Morgan fingerprint density at radius 1 is 1.42 bits per heavy atom. The van der Waals surface area contributed by atoms with Crippen LogP contribution in [0.1, 0.15) is 6.92 Å². The molecule has 0 amide bonds. The van der Waals surface area contributed by atoms with Crippen LogP contribution in [0.25, 0.3) is 10.9 Å². The third kappa shape index (κ3) is 2.53. The van der Waals surface area contributed by atoms with Crippen LogP contribution in [0, 0.1) is 0 Å². The maximum absolute atomic E-state index is 12.3. The summed E-state index contributed by atoms with van der Waals surface area (Å²) in [7, 11) is 3.32. The molecule has 1 atom stereocenters. The molecule has 1 unspecified atom stereocenters. The zero-order valence-electron chi connectivity index (χ0n) is 11.2. The summed E-state index contributed by atoms with van der Waals surface area (Å²) in [6.07, 6.45) is 0. The van der Waals surface area contributed by atoms with Gasteiger partial charge in [-0.2, -0.15) is 0 Å². The summed E-state index contributed by atoms with van der Waals surface area (Å²) >= 11 is 0. The second kappa shape index (κ2) is 5.27. The highest BCUT2D eigenvalue weighted by atomic mass is 16.5. The molecular formula is C13H17N3O3. The summed E-state index contributed by atoms with van der Waals surface area (Å²) in [6.45, 7) is 2.22. The second-order valence-electron chi connectivity index (χ2n) is 4.45. The molecule has 2 rings (SSSR count). The number of H-pyrrole nitrogens is 1. The van der Waals surface area contributed by atoms with E-state index in [1.807, 2.05) is 6.92 Å². The topological polar surface area (TPSA) is 76.1 Å². The van der Waals surface area contributed by atoms with Crippen LogP contribution in [0.4, 0.5) is 0 Å². The van der Waals surface area contributed by atoms with E-state index in [2.05, 4.69) is 10.3 Å². The van der Waals surface area contributed by atoms with Gasteiger partial charge in [-0.15, -0.1) is 0 Å². The molecule has 19 heavy (non-hydrogen) atoms. The summed E-state index contributed by atoms with van der Waals surface area (Å²) in [5.41, 5.74) is -0.186. The number of likely N-dealkylation sites (N-methyl/N-ethyl adjacent to an activating group) is 1. The van der Waals surface area contributed by atoms with Gasteiger partial charge in [-0.1, -0.05) is 0 Å². The molecule has 1 heterocycles. The van der Waals surface area contributed by atoms with E-state index >= 15 is 0 Å². The molecule has 102 valence electrons. The monoisotopic (exact) mass is 263 g/mol. The standard InChI is InChI=1S/C13H17N3O3/c1-8(14-2)7-16-12(17)10-6-9(19-3)4-5-11(10)15-13(16)18/h4-6,8,14H,7H2,1-3H3,(H,15,18). The Morgan fingerprint density at radius 2 is 2.16 bits per heavy atom. The van der Waals surface area contributed by atoms with Gasteiger partial charge in [0.2, 0.25) is 0 Å². The fraction of sp³-hybridized carbons (Fsp3) is 0.385. The first kappa shape index (κ1) is 13.4. The molecule has 0 bridgehead atoms. The van der Waals surface area contributed by atoms with Crippen LogP contribution in [0.2, 0.25) is 0 Å². The average molecular weight is 263 g/mol. The van der Waals surface area contributed by atoms with E-state index in [1.54, 1.807) is 25.2 Å². The Kier molecular flexibility index (Phi) is 3.71. The number of hydrogen-bond acceptors (Lipinski definition) is 4. The number of benzene rings is 1. The van der Waals surface area contributed by atoms with Gasteiger partial charge < -0.3 is 15.0 Å². The SMILES string of the molecule is CNC(C)Cn1c(=O)[nH]c2ccc(OC)cc2c1=O. The van der Waals surface area contributed by atoms with E-state index in [0.29, 0.717) is 23.2 Å². The molecule has 6 nitrogen and oxygen atoms in total. The Balaban J connectivity index is 2.65. The van der Waals surface area contributed by atoms with Gasteiger partial charge in [-0.05, 0) is 32.2 Å². The molecule has 2 aromatic rings. The van der Waals surface area contributed by atoms with Crippen LogP contribution >= 0.6 is 0 Å². The predicted octanol–water partition coefficient (Wildman–Crippen LogP) is 0.306. The van der Waals surface area contributed by atoms with Gasteiger partial charge in [-0.3, -0.25) is 9.36 Å². The zero-order chi connectivity index (χ0) is 14.0. The zero-order valence-corrected chi connectivity index (χ0v) is 11.2. The molecule has 0 saturated carbocycles. The van der Waals surface area contributed by atoms with Crippen LogP contribution in [0.3, 0.4) is 0 Å². The smallest absolute Gasteiger partial charge is 0.328 e. The Morgan fingerprint density at radius 3 is 2.79 bits per heavy atom. The molecule has 1 aromatic carbocycles. The van der Waals surface area contributed by atoms with Crippen LogP contribution < -0.4 is 21.3 Å². The Bertz CT molecular complexity index is 702. The molecule has 2 N–H and O–H groups in total. The molecule has 0 aliphatic carbocycles. The largest absolute Gasteiger partial charge is 0.497 e. The average Bonchev–Trinajstić information content (AvgIpc) is 2.42. The third-order valence-corrected chi connectivity index (χ3v) is 3.14. The Hall–Kier alpha value is -2.08. The second-order valence-corrected chi connectivity index (χ2v) is 4.45. The van der Waals surface area contributed by atoms with Gasteiger partial charge in [-0.25, -0.2) is 4.79 Å². The van der Waals surface area contributed by atoms with Gasteiger partial charge in [0.25, 0.3) is 5.56 Å². The summed E-state index contributed by atoms with van der Waals surface area (Å²) in [4.78, 5) is 26.9. The van der Waals surface area contributed by atoms with Crippen molar-refractivity contribution in [2.75, 3.05) is 14.2 Å². The molecular weight excluding hydrogens is 246 g/mol. The fourth-order valence-electron chi connectivity index (χ4n) is 1.89. The lowest BCUT2D eigenvalue weighted by Crippen LogP contribution is -2.40. The molecule has 0 aliphatic rings. The van der Waals surface area contributed by atoms with E-state index in [4.69, 9.17) is 4.74 Å². The van der Waals surface area contributed by atoms with Crippen molar-refractivity contribution in [3.63, 3.8) is 0 Å². The number of rotatable bonds is 4. The number of aromatic amines is 1. The minimum absolute atomic E-state index is 0.0295. The van der Waals surface area contributed by atoms with E-state index in [9.17, 15) is 9.59 Å². The first-order valence-corrected chi connectivity index (χ1v) is 6.05. The van der Waals surface area contributed by atoms with E-state index in [0.717, 1.165) is 0 Å². The number of fused-ring (bicyclic) bond motifs is 1. The first-order valence-electron chi connectivity index (χ1n) is 6.05. The lowest BCUT2D eigenvalue weighted by atomic mass is 10.2. The number of nitrogens with zero attached hydrogens (tertiary/aromatic N) is 1. The fourth-order valence-corrected chi connectivity index (χ4v) is 1.89. The van der Waals surface area contributed by atoms with Gasteiger partial charge >= 0.3 is 5.69 Å². The maximum atomic E-state index is 12.3. The van der Waals surface area contributed by atoms with Crippen LogP contribution in [-0.4, -0.2) is 29.8 Å². The van der Waals surface area contributed by atoms with Crippen molar-refractivity contribution < 1.29 is 4.74 Å².